The molecule has 2 aromatic rings. The van der Waals surface area contributed by atoms with Crippen molar-refractivity contribution in [1.82, 2.24) is 20.5 Å². The molecule has 1 aromatic carbocycles. The topological polar surface area (TPSA) is 49.4 Å². The van der Waals surface area contributed by atoms with Crippen molar-refractivity contribution in [2.45, 2.75) is 45.7 Å². The highest BCUT2D eigenvalue weighted by Gasteiger charge is 2.43. The Morgan fingerprint density at radius 1 is 1.38 bits per heavy atom. The molecule has 3 aliphatic rings. The van der Waals surface area contributed by atoms with Gasteiger partial charge in [0.2, 0.25) is 0 Å². The second-order valence-corrected chi connectivity index (χ2v) is 10.8. The SMILES string of the molecule is C=CC1CN2CCC1CC2[C@H](NC(=S)NCC(C)(C)C)c1ccnc2ccc(OC)cc12. The highest BCUT2D eigenvalue weighted by molar-refractivity contribution is 7.80. The van der Waals surface area contributed by atoms with Gasteiger partial charge in [0.25, 0.3) is 0 Å². The maximum Gasteiger partial charge on any atom is 0.166 e. The van der Waals surface area contributed by atoms with Crippen LogP contribution in [0, 0.1) is 17.3 Å². The molecule has 172 valence electrons. The van der Waals surface area contributed by atoms with Gasteiger partial charge in [-0.05, 0) is 78.7 Å². The van der Waals surface area contributed by atoms with E-state index in [-0.39, 0.29) is 11.5 Å². The maximum atomic E-state index is 5.77. The molecule has 3 saturated heterocycles. The van der Waals surface area contributed by atoms with E-state index in [1.807, 2.05) is 18.3 Å². The lowest BCUT2D eigenvalue weighted by Crippen LogP contribution is -2.58. The smallest absolute Gasteiger partial charge is 0.166 e. The molecule has 1 aromatic heterocycles. The molecule has 4 unspecified atom stereocenters. The molecule has 32 heavy (non-hydrogen) atoms. The fourth-order valence-corrected chi connectivity index (χ4v) is 5.39. The summed E-state index contributed by atoms with van der Waals surface area (Å²) >= 11 is 5.77. The van der Waals surface area contributed by atoms with Gasteiger partial charge in [-0.3, -0.25) is 9.88 Å². The number of nitrogens with one attached hydrogen (secondary N) is 2. The molecule has 0 radical (unpaired) electrons. The van der Waals surface area contributed by atoms with Crippen LogP contribution < -0.4 is 15.4 Å². The number of benzene rings is 1. The van der Waals surface area contributed by atoms with Crippen molar-refractivity contribution >= 4 is 28.2 Å². The number of hydrogen-bond donors (Lipinski definition) is 2. The minimum absolute atomic E-state index is 0.0705. The van der Waals surface area contributed by atoms with Crippen molar-refractivity contribution in [3.8, 4) is 5.75 Å². The largest absolute Gasteiger partial charge is 0.497 e. The molecule has 0 aliphatic carbocycles. The number of rotatable bonds is 6. The second-order valence-electron chi connectivity index (χ2n) is 10.4. The highest BCUT2D eigenvalue weighted by Crippen LogP contribution is 2.42. The first-order valence-electron chi connectivity index (χ1n) is 11.6. The molecule has 0 amide bonds. The fraction of sp³-hybridized carbons (Fsp3) is 0.538. The lowest BCUT2D eigenvalue weighted by atomic mass is 9.73. The van der Waals surface area contributed by atoms with E-state index >= 15 is 0 Å². The van der Waals surface area contributed by atoms with Crippen LogP contribution in [0.3, 0.4) is 0 Å². The number of nitrogens with zero attached hydrogens (tertiary/aromatic N) is 2. The van der Waals surface area contributed by atoms with Crippen molar-refractivity contribution in [3.05, 3.63) is 48.7 Å². The Labute approximate surface area is 197 Å². The zero-order valence-corrected chi connectivity index (χ0v) is 20.5. The molecule has 2 N–H and O–H groups in total. The number of fused-ring (bicyclic) bond motifs is 4. The summed E-state index contributed by atoms with van der Waals surface area (Å²) in [6, 6.07) is 8.68. The van der Waals surface area contributed by atoms with Gasteiger partial charge in [-0.1, -0.05) is 26.8 Å². The monoisotopic (exact) mass is 452 g/mol. The molecule has 5 rings (SSSR count). The van der Waals surface area contributed by atoms with Crippen LogP contribution in [0.2, 0.25) is 0 Å². The average Bonchev–Trinajstić information content (AvgIpc) is 2.80. The van der Waals surface area contributed by atoms with Gasteiger partial charge in [0.05, 0.1) is 18.7 Å². The Bertz CT molecular complexity index is 985. The summed E-state index contributed by atoms with van der Waals surface area (Å²) in [7, 11) is 1.71. The second kappa shape index (κ2) is 9.36. The fourth-order valence-electron chi connectivity index (χ4n) is 5.19. The molecule has 0 saturated carbocycles. The van der Waals surface area contributed by atoms with Gasteiger partial charge in [-0.15, -0.1) is 6.58 Å². The van der Waals surface area contributed by atoms with E-state index < -0.39 is 0 Å². The van der Waals surface area contributed by atoms with Crippen molar-refractivity contribution < 1.29 is 4.74 Å². The van der Waals surface area contributed by atoms with E-state index in [1.165, 1.54) is 12.0 Å². The minimum Gasteiger partial charge on any atom is -0.497 e. The third-order valence-electron chi connectivity index (χ3n) is 6.92. The van der Waals surface area contributed by atoms with E-state index in [1.54, 1.807) is 7.11 Å². The van der Waals surface area contributed by atoms with Gasteiger partial charge in [-0.2, -0.15) is 0 Å². The number of aromatic nitrogens is 1. The molecule has 3 aliphatic heterocycles. The summed E-state index contributed by atoms with van der Waals surface area (Å²) in [5.74, 6) is 2.11. The lowest BCUT2D eigenvalue weighted by Gasteiger charge is -2.52. The van der Waals surface area contributed by atoms with Crippen molar-refractivity contribution in [2.24, 2.45) is 17.3 Å². The van der Waals surface area contributed by atoms with E-state index in [9.17, 15) is 0 Å². The van der Waals surface area contributed by atoms with Gasteiger partial charge in [0.1, 0.15) is 5.75 Å². The van der Waals surface area contributed by atoms with E-state index in [0.717, 1.165) is 42.7 Å². The van der Waals surface area contributed by atoms with Crippen LogP contribution in [0.25, 0.3) is 10.9 Å². The lowest BCUT2D eigenvalue weighted by molar-refractivity contribution is 0.00428. The average molecular weight is 453 g/mol. The number of hydrogen-bond acceptors (Lipinski definition) is 4. The third kappa shape index (κ3) is 4.91. The Balaban J connectivity index is 1.69. The summed E-state index contributed by atoms with van der Waals surface area (Å²) < 4.78 is 5.53. The third-order valence-corrected chi connectivity index (χ3v) is 7.18. The zero-order valence-electron chi connectivity index (χ0n) is 19.7. The van der Waals surface area contributed by atoms with Crippen LogP contribution in [0.15, 0.2) is 43.1 Å². The molecule has 6 heteroatoms. The molecular weight excluding hydrogens is 416 g/mol. The first-order valence-corrected chi connectivity index (χ1v) is 12.0. The molecular formula is C26H36N4OS. The minimum atomic E-state index is 0.0705. The number of piperidine rings is 3. The number of ether oxygens (including phenoxy) is 1. The number of methoxy groups -OCH3 is 1. The first kappa shape index (κ1) is 23.0. The van der Waals surface area contributed by atoms with Crippen LogP contribution in [0.5, 0.6) is 5.75 Å². The Hall–Kier alpha value is -2.18. The normalized spacial score (nSPS) is 25.9. The van der Waals surface area contributed by atoms with Crippen LogP contribution >= 0.6 is 12.2 Å². The van der Waals surface area contributed by atoms with E-state index in [2.05, 4.69) is 66.1 Å². The zero-order chi connectivity index (χ0) is 22.9. The van der Waals surface area contributed by atoms with Crippen LogP contribution in [-0.4, -0.2) is 47.8 Å². The summed E-state index contributed by atoms with van der Waals surface area (Å²) in [4.78, 5) is 7.23. The standard InChI is InChI=1S/C26H36N4OS/c1-6-17-15-30-12-10-18(17)13-23(30)24(29-25(32)28-16-26(2,3)4)20-9-11-27-22-8-7-19(31-5)14-21(20)22/h6-9,11,14,17-18,23-24H,1,10,12-13,15-16H2,2-5H3,(H2,28,29,32)/t17?,18?,23?,24-/m1/s1. The predicted molar refractivity (Wildman–Crippen MR) is 136 cm³/mol. The van der Waals surface area contributed by atoms with Gasteiger partial charge >= 0.3 is 0 Å². The van der Waals surface area contributed by atoms with Crippen molar-refractivity contribution in [2.75, 3.05) is 26.7 Å². The molecule has 0 spiro atoms. The molecule has 5 atom stereocenters. The highest BCUT2D eigenvalue weighted by atomic mass is 32.1. The number of thiocarbonyl (C=S) groups is 1. The summed E-state index contributed by atoms with van der Waals surface area (Å²) in [5, 5.41) is 8.97. The Morgan fingerprint density at radius 2 is 2.19 bits per heavy atom. The molecule has 2 bridgehead atoms. The summed E-state index contributed by atoms with van der Waals surface area (Å²) in [6.45, 7) is 13.8. The predicted octanol–water partition coefficient (Wildman–Crippen LogP) is 4.69. The van der Waals surface area contributed by atoms with Crippen molar-refractivity contribution in [3.63, 3.8) is 0 Å². The Morgan fingerprint density at radius 3 is 2.84 bits per heavy atom. The van der Waals surface area contributed by atoms with Crippen LogP contribution in [-0.2, 0) is 0 Å². The summed E-state index contributed by atoms with van der Waals surface area (Å²) in [6.07, 6.45) is 6.45. The van der Waals surface area contributed by atoms with Crippen molar-refractivity contribution in [1.29, 1.82) is 0 Å². The van der Waals surface area contributed by atoms with Gasteiger partial charge in [0, 0.05) is 30.7 Å². The molecule has 3 fully saturated rings. The molecule has 4 heterocycles. The Kier molecular flexibility index (Phi) is 6.72. The van der Waals surface area contributed by atoms with Gasteiger partial charge in [0.15, 0.2) is 5.11 Å². The first-order chi connectivity index (χ1) is 15.3. The van der Waals surface area contributed by atoms with E-state index in [0.29, 0.717) is 23.0 Å². The maximum absolute atomic E-state index is 5.77. The summed E-state index contributed by atoms with van der Waals surface area (Å²) in [5.41, 5.74) is 2.35. The van der Waals surface area contributed by atoms with Crippen LogP contribution in [0.1, 0.15) is 45.2 Å². The van der Waals surface area contributed by atoms with Crippen LogP contribution in [0.4, 0.5) is 0 Å². The number of pyridine rings is 1. The quantitative estimate of drug-likeness (QED) is 0.490. The van der Waals surface area contributed by atoms with Gasteiger partial charge < -0.3 is 15.4 Å². The van der Waals surface area contributed by atoms with E-state index in [4.69, 9.17) is 17.0 Å². The molecule has 5 nitrogen and oxygen atoms in total. The van der Waals surface area contributed by atoms with Gasteiger partial charge in [-0.25, -0.2) is 0 Å².